The third kappa shape index (κ3) is 5.07. The molecule has 0 spiro atoms. The molecule has 32 heavy (non-hydrogen) atoms. The zero-order valence-corrected chi connectivity index (χ0v) is 18.9. The molecular formula is C24H32N6O2. The fourth-order valence-electron chi connectivity index (χ4n) is 4.49. The van der Waals surface area contributed by atoms with Crippen LogP contribution in [0.2, 0.25) is 0 Å². The van der Waals surface area contributed by atoms with Crippen LogP contribution in [0.1, 0.15) is 44.1 Å². The summed E-state index contributed by atoms with van der Waals surface area (Å²) in [5.74, 6) is 1.80. The largest absolute Gasteiger partial charge is 0.386 e. The zero-order valence-electron chi connectivity index (χ0n) is 18.9. The molecule has 0 aliphatic carbocycles. The number of para-hydroxylation sites is 2. The van der Waals surface area contributed by atoms with Gasteiger partial charge in [0.15, 0.2) is 0 Å². The molecule has 1 amide bonds. The van der Waals surface area contributed by atoms with Crippen molar-refractivity contribution < 1.29 is 9.90 Å². The molecule has 0 radical (unpaired) electrons. The molecule has 4 rings (SSSR count). The summed E-state index contributed by atoms with van der Waals surface area (Å²) < 4.78 is 2.21. The van der Waals surface area contributed by atoms with Gasteiger partial charge in [-0.05, 0) is 45.2 Å². The summed E-state index contributed by atoms with van der Waals surface area (Å²) in [5, 5.41) is 14.0. The lowest BCUT2D eigenvalue weighted by molar-refractivity contribution is -0.122. The Morgan fingerprint density at radius 1 is 1.28 bits per heavy atom. The Kier molecular flexibility index (Phi) is 6.69. The normalized spacial score (nSPS) is 18.8. The van der Waals surface area contributed by atoms with E-state index in [9.17, 15) is 9.90 Å². The predicted octanol–water partition coefficient (Wildman–Crippen LogP) is 2.63. The molecule has 170 valence electrons. The summed E-state index contributed by atoms with van der Waals surface area (Å²) >= 11 is 0. The van der Waals surface area contributed by atoms with Gasteiger partial charge >= 0.3 is 0 Å². The molecule has 8 heteroatoms. The number of amides is 1. The van der Waals surface area contributed by atoms with Gasteiger partial charge in [0.2, 0.25) is 5.91 Å². The summed E-state index contributed by atoms with van der Waals surface area (Å²) in [4.78, 5) is 27.7. The molecule has 1 fully saturated rings. The van der Waals surface area contributed by atoms with Gasteiger partial charge in [0.05, 0.1) is 16.6 Å². The van der Waals surface area contributed by atoms with Crippen LogP contribution in [0.3, 0.4) is 0 Å². The molecule has 2 N–H and O–H groups in total. The summed E-state index contributed by atoms with van der Waals surface area (Å²) in [7, 11) is 0. The van der Waals surface area contributed by atoms with Gasteiger partial charge in [-0.25, -0.2) is 15.0 Å². The van der Waals surface area contributed by atoms with E-state index in [1.165, 1.54) is 0 Å². The van der Waals surface area contributed by atoms with E-state index in [-0.39, 0.29) is 12.5 Å². The van der Waals surface area contributed by atoms with E-state index in [1.54, 1.807) is 6.33 Å². The fraction of sp³-hybridized carbons (Fsp3) is 0.500. The second-order valence-electron chi connectivity index (χ2n) is 8.66. The van der Waals surface area contributed by atoms with Crippen molar-refractivity contribution in [1.82, 2.24) is 24.8 Å². The lowest BCUT2D eigenvalue weighted by Crippen LogP contribution is -2.54. The molecule has 3 heterocycles. The highest BCUT2D eigenvalue weighted by molar-refractivity contribution is 5.76. The number of carbonyl (C=O) groups is 1. The molecule has 3 aromatic rings. The van der Waals surface area contributed by atoms with Crippen molar-refractivity contribution in [1.29, 1.82) is 0 Å². The quantitative estimate of drug-likeness (QED) is 0.564. The monoisotopic (exact) mass is 436 g/mol. The molecule has 1 aromatic carbocycles. The van der Waals surface area contributed by atoms with E-state index in [4.69, 9.17) is 4.98 Å². The number of nitrogens with zero attached hydrogens (tertiary/aromatic N) is 5. The van der Waals surface area contributed by atoms with Crippen LogP contribution in [0.5, 0.6) is 0 Å². The van der Waals surface area contributed by atoms with Gasteiger partial charge in [0.1, 0.15) is 18.0 Å². The Morgan fingerprint density at radius 3 is 2.94 bits per heavy atom. The number of nitrogens with one attached hydrogen (secondary N) is 1. The number of anilines is 1. The number of β-amino-alcohol motifs (C(OH)–C–C–N with tert-alkyl or cyclic N) is 1. The number of fused-ring (bicyclic) bond motifs is 1. The maximum Gasteiger partial charge on any atom is 0.220 e. The van der Waals surface area contributed by atoms with E-state index < -0.39 is 5.60 Å². The van der Waals surface area contributed by atoms with E-state index in [0.29, 0.717) is 19.4 Å². The topological polar surface area (TPSA) is 96.2 Å². The number of hydrogen-bond donors (Lipinski definition) is 2. The molecule has 2 aromatic heterocycles. The van der Waals surface area contributed by atoms with Crippen molar-refractivity contribution in [2.75, 3.05) is 24.5 Å². The lowest BCUT2D eigenvalue weighted by atomic mass is 9.92. The summed E-state index contributed by atoms with van der Waals surface area (Å²) in [6.45, 7) is 6.44. The first-order valence-electron chi connectivity index (χ1n) is 11.4. The van der Waals surface area contributed by atoms with Gasteiger partial charge in [-0.2, -0.15) is 0 Å². The molecule has 1 unspecified atom stereocenters. The number of aromatic nitrogens is 4. The zero-order chi connectivity index (χ0) is 22.6. The van der Waals surface area contributed by atoms with Crippen molar-refractivity contribution in [2.45, 2.75) is 58.1 Å². The van der Waals surface area contributed by atoms with Gasteiger partial charge in [0.25, 0.3) is 0 Å². The molecule has 1 atom stereocenters. The number of imidazole rings is 1. The fourth-order valence-corrected chi connectivity index (χ4v) is 4.49. The van der Waals surface area contributed by atoms with Gasteiger partial charge < -0.3 is 19.9 Å². The average molecular weight is 437 g/mol. The van der Waals surface area contributed by atoms with E-state index >= 15 is 0 Å². The molecular weight excluding hydrogens is 404 g/mol. The van der Waals surface area contributed by atoms with Crippen molar-refractivity contribution >= 4 is 22.8 Å². The third-order valence-electron chi connectivity index (χ3n) is 6.14. The van der Waals surface area contributed by atoms with Crippen LogP contribution in [-0.4, -0.2) is 55.8 Å². The summed E-state index contributed by atoms with van der Waals surface area (Å²) in [6, 6.07) is 10.0. The molecule has 8 nitrogen and oxygen atoms in total. The van der Waals surface area contributed by atoms with Crippen LogP contribution < -0.4 is 10.2 Å². The highest BCUT2D eigenvalue weighted by Crippen LogP contribution is 2.24. The smallest absolute Gasteiger partial charge is 0.220 e. The third-order valence-corrected chi connectivity index (χ3v) is 6.14. The Morgan fingerprint density at radius 2 is 2.12 bits per heavy atom. The van der Waals surface area contributed by atoms with Crippen molar-refractivity contribution in [3.63, 3.8) is 0 Å². The highest BCUT2D eigenvalue weighted by Gasteiger charge is 2.34. The molecule has 0 saturated carbocycles. The van der Waals surface area contributed by atoms with E-state index in [1.807, 2.05) is 31.2 Å². The van der Waals surface area contributed by atoms with Gasteiger partial charge in [-0.15, -0.1) is 0 Å². The van der Waals surface area contributed by atoms with Crippen molar-refractivity contribution in [3.05, 3.63) is 48.2 Å². The van der Waals surface area contributed by atoms with Gasteiger partial charge in [-0.3, -0.25) is 4.79 Å². The standard InChI is InChI=1S/C24H32N6O2/c1-3-30-20-9-5-4-8-19(20)28-21(30)10-6-11-23(31)25-15-24(32)12-7-13-29(16-24)22-14-18(2)26-17-27-22/h4-5,8-9,14,17,32H,3,6-7,10-13,15-16H2,1-2H3,(H,25,31). The highest BCUT2D eigenvalue weighted by atomic mass is 16.3. The molecule has 1 aliphatic heterocycles. The predicted molar refractivity (Wildman–Crippen MR) is 125 cm³/mol. The minimum atomic E-state index is -0.955. The SMILES string of the molecule is CCn1c(CCCC(=O)NCC2(O)CCCN(c3cc(C)ncn3)C2)nc2ccccc21. The Hall–Kier alpha value is -3.00. The maximum absolute atomic E-state index is 12.5. The van der Waals surface area contributed by atoms with E-state index in [2.05, 4.69) is 37.7 Å². The van der Waals surface area contributed by atoms with Crippen molar-refractivity contribution in [3.8, 4) is 0 Å². The lowest BCUT2D eigenvalue weighted by Gasteiger charge is -2.39. The summed E-state index contributed by atoms with van der Waals surface area (Å²) in [6.07, 6.45) is 4.95. The number of hydrogen-bond acceptors (Lipinski definition) is 6. The van der Waals surface area contributed by atoms with E-state index in [0.717, 1.165) is 60.7 Å². The van der Waals surface area contributed by atoms with Crippen LogP contribution >= 0.6 is 0 Å². The Balaban J connectivity index is 1.27. The van der Waals surface area contributed by atoms with Crippen LogP contribution in [-0.2, 0) is 17.8 Å². The minimum absolute atomic E-state index is 0.0346. The first kappa shape index (κ1) is 22.2. The Labute approximate surface area is 188 Å². The molecule has 1 saturated heterocycles. The maximum atomic E-state index is 12.5. The first-order chi connectivity index (χ1) is 15.5. The van der Waals surface area contributed by atoms with Crippen LogP contribution in [0, 0.1) is 6.92 Å². The Bertz CT molecular complexity index is 1080. The first-order valence-corrected chi connectivity index (χ1v) is 11.4. The van der Waals surface area contributed by atoms with Crippen LogP contribution in [0.4, 0.5) is 5.82 Å². The van der Waals surface area contributed by atoms with Gasteiger partial charge in [-0.1, -0.05) is 12.1 Å². The van der Waals surface area contributed by atoms with Gasteiger partial charge in [0, 0.05) is 50.8 Å². The second kappa shape index (κ2) is 9.65. The van der Waals surface area contributed by atoms with Crippen LogP contribution in [0.25, 0.3) is 11.0 Å². The molecule has 0 bridgehead atoms. The minimum Gasteiger partial charge on any atom is -0.386 e. The number of rotatable bonds is 8. The molecule has 1 aliphatic rings. The number of aliphatic hydroxyl groups is 1. The number of piperidine rings is 1. The van der Waals surface area contributed by atoms with Crippen LogP contribution in [0.15, 0.2) is 36.7 Å². The number of carbonyl (C=O) groups excluding carboxylic acids is 1. The number of aryl methyl sites for hydroxylation is 3. The second-order valence-corrected chi connectivity index (χ2v) is 8.66. The number of benzene rings is 1. The summed E-state index contributed by atoms with van der Waals surface area (Å²) in [5.41, 5.74) is 2.08. The average Bonchev–Trinajstić information content (AvgIpc) is 3.15. The van der Waals surface area contributed by atoms with Crippen molar-refractivity contribution in [2.24, 2.45) is 0 Å².